The normalized spacial score (nSPS) is 14.6. The summed E-state index contributed by atoms with van der Waals surface area (Å²) >= 11 is 0. The van der Waals surface area contributed by atoms with Gasteiger partial charge in [0, 0.05) is 0 Å². The fraction of sp³-hybridized carbons (Fsp3) is 0.188. The molecular weight excluding hydrogens is 569 g/mol. The molecule has 0 unspecified atom stereocenters. The lowest BCUT2D eigenvalue weighted by atomic mass is 9.99. The van der Waals surface area contributed by atoms with Gasteiger partial charge in [-0.25, -0.2) is 19.2 Å². The molecule has 0 spiro atoms. The summed E-state index contributed by atoms with van der Waals surface area (Å²) in [5.74, 6) is -5.30. The van der Waals surface area contributed by atoms with Crippen LogP contribution in [0.2, 0.25) is 30.8 Å². The highest BCUT2D eigenvalue weighted by Gasteiger charge is 2.57. The van der Waals surface area contributed by atoms with Crippen molar-refractivity contribution in [3.8, 4) is 0 Å². The molecule has 0 bridgehead atoms. The second-order valence-corrected chi connectivity index (χ2v) is 21.5. The summed E-state index contributed by atoms with van der Waals surface area (Å²) in [6, 6.07) is 18.9. The SMILES string of the molecule is C[Si](C)(c1ccc(C(=O)O)c(C(=O)O)c1)C1([Si](C)(C)c2ccc(C(=O)O)c(C(=O)O)c2)C=CC(c2ccccc2)=CC1. The lowest BCUT2D eigenvalue weighted by Gasteiger charge is -2.54. The summed E-state index contributed by atoms with van der Waals surface area (Å²) in [6.45, 7) is 8.49. The number of hydrogen-bond acceptors (Lipinski definition) is 4. The number of benzene rings is 3. The van der Waals surface area contributed by atoms with Gasteiger partial charge in [-0.15, -0.1) is 0 Å². The molecule has 1 aliphatic rings. The van der Waals surface area contributed by atoms with E-state index in [2.05, 4.69) is 44.4 Å². The van der Waals surface area contributed by atoms with Crippen LogP contribution in [-0.2, 0) is 0 Å². The van der Waals surface area contributed by atoms with Crippen LogP contribution in [0, 0.1) is 0 Å². The first-order valence-corrected chi connectivity index (χ1v) is 19.3. The monoisotopic (exact) mass is 600 g/mol. The van der Waals surface area contributed by atoms with Crippen LogP contribution in [0.3, 0.4) is 0 Å². The lowest BCUT2D eigenvalue weighted by Crippen LogP contribution is -2.67. The molecule has 42 heavy (non-hydrogen) atoms. The van der Waals surface area contributed by atoms with E-state index >= 15 is 0 Å². The van der Waals surface area contributed by atoms with Gasteiger partial charge >= 0.3 is 23.9 Å². The average Bonchev–Trinajstić information content (AvgIpc) is 2.96. The Kier molecular flexibility index (Phi) is 7.99. The van der Waals surface area contributed by atoms with E-state index in [4.69, 9.17) is 0 Å². The summed E-state index contributed by atoms with van der Waals surface area (Å²) in [7, 11) is -5.56. The van der Waals surface area contributed by atoms with Crippen molar-refractivity contribution < 1.29 is 39.6 Å². The van der Waals surface area contributed by atoms with Crippen molar-refractivity contribution in [2.75, 3.05) is 0 Å². The third-order valence-corrected chi connectivity index (χ3v) is 21.4. The van der Waals surface area contributed by atoms with E-state index in [0.29, 0.717) is 6.42 Å². The van der Waals surface area contributed by atoms with Gasteiger partial charge in [0.1, 0.15) is 0 Å². The molecule has 0 saturated heterocycles. The molecule has 10 heteroatoms. The zero-order chi connectivity index (χ0) is 31.0. The Morgan fingerprint density at radius 3 is 1.40 bits per heavy atom. The molecule has 4 rings (SSSR count). The van der Waals surface area contributed by atoms with Crippen molar-refractivity contribution in [3.05, 3.63) is 113 Å². The standard InChI is InChI=1S/C32H32O8Si2/c1-41(2,22-10-12-24(28(33)34)26(18-22)30(37)38)32(16-14-21(15-17-32)20-8-6-5-7-9-20)42(3,4)23-11-13-25(29(35)36)27(19-23)31(39)40/h5-16,18-19H,17H2,1-4H3,(H,33,34)(H,35,36)(H,37,38)(H,39,40). The first-order chi connectivity index (χ1) is 19.6. The minimum Gasteiger partial charge on any atom is -0.478 e. The lowest BCUT2D eigenvalue weighted by molar-refractivity contribution is 0.0651. The van der Waals surface area contributed by atoms with Gasteiger partial charge in [-0.1, -0.05) is 97.3 Å². The Balaban J connectivity index is 1.97. The highest BCUT2D eigenvalue weighted by molar-refractivity contribution is 7.10. The third-order valence-electron chi connectivity index (χ3n) is 8.93. The summed E-state index contributed by atoms with van der Waals surface area (Å²) in [4.78, 5) is 47.8. The minimum absolute atomic E-state index is 0.283. The molecule has 216 valence electrons. The molecule has 0 radical (unpaired) electrons. The minimum atomic E-state index is -2.78. The molecule has 4 N–H and O–H groups in total. The van der Waals surface area contributed by atoms with Crippen molar-refractivity contribution in [3.63, 3.8) is 0 Å². The van der Waals surface area contributed by atoms with Gasteiger partial charge < -0.3 is 20.4 Å². The fourth-order valence-corrected chi connectivity index (χ4v) is 18.7. The highest BCUT2D eigenvalue weighted by Crippen LogP contribution is 2.53. The Hall–Kier alpha value is -4.55. The van der Waals surface area contributed by atoms with E-state index in [1.165, 1.54) is 24.3 Å². The molecule has 3 aromatic rings. The van der Waals surface area contributed by atoms with Crippen molar-refractivity contribution >= 4 is 56.0 Å². The van der Waals surface area contributed by atoms with Crippen molar-refractivity contribution in [1.82, 2.24) is 0 Å². The highest BCUT2D eigenvalue weighted by atomic mass is 28.4. The summed E-state index contributed by atoms with van der Waals surface area (Å²) < 4.78 is -0.542. The van der Waals surface area contributed by atoms with E-state index in [1.54, 1.807) is 12.1 Å². The predicted octanol–water partition coefficient (Wildman–Crippen LogP) is 5.33. The number of rotatable bonds is 9. The maximum Gasteiger partial charge on any atom is 0.336 e. The smallest absolute Gasteiger partial charge is 0.336 e. The topological polar surface area (TPSA) is 149 Å². The molecule has 0 fully saturated rings. The molecule has 3 aromatic carbocycles. The first kappa shape index (κ1) is 30.4. The average molecular weight is 601 g/mol. The van der Waals surface area contributed by atoms with Crippen LogP contribution in [0.4, 0.5) is 0 Å². The first-order valence-electron chi connectivity index (χ1n) is 13.3. The molecule has 8 nitrogen and oxygen atoms in total. The third kappa shape index (κ3) is 5.03. The van der Waals surface area contributed by atoms with E-state index in [0.717, 1.165) is 21.5 Å². The van der Waals surface area contributed by atoms with Crippen LogP contribution in [0.25, 0.3) is 5.57 Å². The van der Waals surface area contributed by atoms with Gasteiger partial charge in [-0.2, -0.15) is 0 Å². The van der Waals surface area contributed by atoms with Crippen LogP contribution in [0.15, 0.2) is 85.0 Å². The van der Waals surface area contributed by atoms with Crippen LogP contribution >= 0.6 is 0 Å². The fourth-order valence-electron chi connectivity index (χ4n) is 6.30. The maximum atomic E-state index is 12.1. The zero-order valence-corrected chi connectivity index (χ0v) is 25.7. The van der Waals surface area contributed by atoms with Gasteiger partial charge in [-0.05, 0) is 46.5 Å². The molecule has 0 saturated carbocycles. The molecule has 0 aliphatic heterocycles. The van der Waals surface area contributed by atoms with E-state index in [9.17, 15) is 39.6 Å². The van der Waals surface area contributed by atoms with Crippen LogP contribution in [-0.4, -0.2) is 60.5 Å². The summed E-state index contributed by atoms with van der Waals surface area (Å²) in [5, 5.41) is 40.4. The number of carboxylic acids is 4. The Morgan fingerprint density at radius 1 is 0.619 bits per heavy atom. The van der Waals surface area contributed by atoms with Crippen LogP contribution in [0.5, 0.6) is 0 Å². The van der Waals surface area contributed by atoms with Gasteiger partial charge in [-0.3, -0.25) is 0 Å². The molecule has 0 amide bonds. The summed E-state index contributed by atoms with van der Waals surface area (Å²) in [6.07, 6.45) is 6.99. The Labute approximate surface area is 245 Å². The molecule has 0 atom stereocenters. The van der Waals surface area contributed by atoms with Crippen LogP contribution in [0.1, 0.15) is 53.4 Å². The Bertz CT molecular complexity index is 1580. The van der Waals surface area contributed by atoms with E-state index < -0.39 is 44.7 Å². The quantitative estimate of drug-likeness (QED) is 0.241. The van der Waals surface area contributed by atoms with Gasteiger partial charge in [0.05, 0.1) is 38.4 Å². The second-order valence-electron chi connectivity index (χ2n) is 11.5. The van der Waals surface area contributed by atoms with Gasteiger partial charge in [0.25, 0.3) is 0 Å². The number of hydrogen-bond donors (Lipinski definition) is 4. The molecule has 0 heterocycles. The Morgan fingerprint density at radius 2 is 1.05 bits per heavy atom. The summed E-state index contributed by atoms with van der Waals surface area (Å²) in [5.41, 5.74) is 0.925. The predicted molar refractivity (Wildman–Crippen MR) is 166 cm³/mol. The van der Waals surface area contributed by atoms with Gasteiger partial charge in [0.15, 0.2) is 0 Å². The van der Waals surface area contributed by atoms with Crippen LogP contribution < -0.4 is 10.4 Å². The molecule has 0 aromatic heterocycles. The molecule has 1 aliphatic carbocycles. The van der Waals surface area contributed by atoms with Gasteiger partial charge in [0.2, 0.25) is 0 Å². The zero-order valence-electron chi connectivity index (χ0n) is 23.7. The second kappa shape index (κ2) is 11.0. The number of carboxylic acid groups (broad SMARTS) is 4. The molecular formula is C32H32O8Si2. The van der Waals surface area contributed by atoms with Crippen molar-refractivity contribution in [2.45, 2.75) is 37.3 Å². The maximum absolute atomic E-state index is 12.1. The largest absolute Gasteiger partial charge is 0.478 e. The van der Waals surface area contributed by atoms with Crippen molar-refractivity contribution in [1.29, 1.82) is 0 Å². The number of aromatic carboxylic acids is 4. The number of carbonyl (C=O) groups is 4. The number of allylic oxidation sites excluding steroid dienone is 4. The van der Waals surface area contributed by atoms with E-state index in [-0.39, 0.29) is 22.3 Å². The van der Waals surface area contributed by atoms with E-state index in [1.807, 2.05) is 30.3 Å². The van der Waals surface area contributed by atoms with Crippen molar-refractivity contribution in [2.24, 2.45) is 0 Å².